The van der Waals surface area contributed by atoms with E-state index in [1.54, 1.807) is 4.90 Å². The molecule has 0 saturated carbocycles. The molecular weight excluding hydrogens is 210 g/mol. The van der Waals surface area contributed by atoms with E-state index in [0.29, 0.717) is 5.91 Å². The molecule has 1 atom stereocenters. The van der Waals surface area contributed by atoms with Crippen LogP contribution in [-0.2, 0) is 4.79 Å². The molecule has 0 bridgehead atoms. The van der Waals surface area contributed by atoms with Gasteiger partial charge in [-0.3, -0.25) is 4.79 Å². The average molecular weight is 241 g/mol. The van der Waals surface area contributed by atoms with Crippen LogP contribution in [0.3, 0.4) is 0 Å². The van der Waals surface area contributed by atoms with Crippen molar-refractivity contribution < 1.29 is 4.79 Å². The van der Waals surface area contributed by atoms with Crippen LogP contribution in [0, 0.1) is 5.41 Å². The van der Waals surface area contributed by atoms with Gasteiger partial charge in [0.15, 0.2) is 0 Å². The summed E-state index contributed by atoms with van der Waals surface area (Å²) in [6, 6.07) is 0. The van der Waals surface area contributed by atoms with E-state index in [1.807, 2.05) is 14.1 Å². The van der Waals surface area contributed by atoms with E-state index in [0.717, 1.165) is 19.3 Å². The summed E-state index contributed by atoms with van der Waals surface area (Å²) in [5, 5.41) is 0. The van der Waals surface area contributed by atoms with Crippen molar-refractivity contribution in [2.75, 3.05) is 14.1 Å². The van der Waals surface area contributed by atoms with Gasteiger partial charge in [-0.2, -0.15) is 0 Å². The third-order valence-corrected chi connectivity index (χ3v) is 3.59. The molecule has 1 unspecified atom stereocenters. The molecule has 1 amide bonds. The van der Waals surface area contributed by atoms with Crippen LogP contribution in [0.5, 0.6) is 0 Å². The molecule has 102 valence electrons. The molecule has 2 heteroatoms. The monoisotopic (exact) mass is 241 g/mol. The predicted octanol–water partition coefficient (Wildman–Crippen LogP) is 4.24. The van der Waals surface area contributed by atoms with Gasteiger partial charge in [-0.1, -0.05) is 59.3 Å². The van der Waals surface area contributed by atoms with Gasteiger partial charge >= 0.3 is 0 Å². The molecule has 17 heavy (non-hydrogen) atoms. The van der Waals surface area contributed by atoms with Crippen molar-refractivity contribution in [2.24, 2.45) is 5.41 Å². The van der Waals surface area contributed by atoms with Crippen molar-refractivity contribution >= 4 is 5.91 Å². The summed E-state index contributed by atoms with van der Waals surface area (Å²) in [5.74, 6) is 0.308. The third kappa shape index (κ3) is 6.09. The molecule has 0 saturated heterocycles. The first kappa shape index (κ1) is 16.5. The first-order valence-electron chi connectivity index (χ1n) is 7.19. The summed E-state index contributed by atoms with van der Waals surface area (Å²) in [4.78, 5) is 14.0. The van der Waals surface area contributed by atoms with Gasteiger partial charge in [-0.15, -0.1) is 0 Å². The van der Waals surface area contributed by atoms with Crippen molar-refractivity contribution in [3.63, 3.8) is 0 Å². The zero-order valence-corrected chi connectivity index (χ0v) is 12.5. The van der Waals surface area contributed by atoms with Crippen LogP contribution in [0.4, 0.5) is 0 Å². The summed E-state index contributed by atoms with van der Waals surface area (Å²) in [6.07, 6.45) is 9.41. The van der Waals surface area contributed by atoms with E-state index >= 15 is 0 Å². The molecular formula is C15H31NO. The number of rotatable bonds is 9. The number of hydrogen-bond acceptors (Lipinski definition) is 1. The highest BCUT2D eigenvalue weighted by Gasteiger charge is 2.32. The zero-order chi connectivity index (χ0) is 13.3. The third-order valence-electron chi connectivity index (χ3n) is 3.59. The standard InChI is InChI=1S/C15H31NO/c1-6-8-10-11-13-15(3,12-9-7-2)14(17)16(4)5/h6-13H2,1-5H3. The van der Waals surface area contributed by atoms with Gasteiger partial charge in [0.05, 0.1) is 0 Å². The fraction of sp³-hybridized carbons (Fsp3) is 0.933. The van der Waals surface area contributed by atoms with E-state index in [-0.39, 0.29) is 5.41 Å². The quantitative estimate of drug-likeness (QED) is 0.553. The molecule has 0 fully saturated rings. The van der Waals surface area contributed by atoms with E-state index in [2.05, 4.69) is 20.8 Å². The second kappa shape index (κ2) is 8.54. The minimum Gasteiger partial charge on any atom is -0.348 e. The predicted molar refractivity (Wildman–Crippen MR) is 75.1 cm³/mol. The van der Waals surface area contributed by atoms with Crippen molar-refractivity contribution in [1.82, 2.24) is 4.90 Å². The summed E-state index contributed by atoms with van der Waals surface area (Å²) in [6.45, 7) is 6.57. The maximum atomic E-state index is 12.3. The van der Waals surface area contributed by atoms with Crippen LogP contribution in [0.15, 0.2) is 0 Å². The molecule has 0 rings (SSSR count). The molecule has 0 heterocycles. The number of carbonyl (C=O) groups excluding carboxylic acids is 1. The summed E-state index contributed by atoms with van der Waals surface area (Å²) in [7, 11) is 3.75. The Morgan fingerprint density at radius 2 is 1.47 bits per heavy atom. The number of hydrogen-bond donors (Lipinski definition) is 0. The lowest BCUT2D eigenvalue weighted by Gasteiger charge is -2.31. The summed E-state index contributed by atoms with van der Waals surface area (Å²) >= 11 is 0. The van der Waals surface area contributed by atoms with E-state index in [9.17, 15) is 4.79 Å². The average Bonchev–Trinajstić information content (AvgIpc) is 2.31. The molecule has 0 radical (unpaired) electrons. The summed E-state index contributed by atoms with van der Waals surface area (Å²) < 4.78 is 0. The molecule has 2 nitrogen and oxygen atoms in total. The second-order valence-electron chi connectivity index (χ2n) is 5.67. The van der Waals surface area contributed by atoms with Crippen LogP contribution < -0.4 is 0 Å². The fourth-order valence-corrected chi connectivity index (χ4v) is 2.39. The Kier molecular flexibility index (Phi) is 8.28. The topological polar surface area (TPSA) is 20.3 Å². The van der Waals surface area contributed by atoms with Crippen molar-refractivity contribution in [3.8, 4) is 0 Å². The lowest BCUT2D eigenvalue weighted by atomic mass is 9.79. The van der Waals surface area contributed by atoms with Gasteiger partial charge in [-0.05, 0) is 12.8 Å². The van der Waals surface area contributed by atoms with Gasteiger partial charge < -0.3 is 4.90 Å². The zero-order valence-electron chi connectivity index (χ0n) is 12.5. The Labute approximate surface area is 108 Å². The maximum absolute atomic E-state index is 12.3. The van der Waals surface area contributed by atoms with Crippen LogP contribution in [0.1, 0.15) is 72.1 Å². The Balaban J connectivity index is 4.33. The molecule has 0 aromatic rings. The number of unbranched alkanes of at least 4 members (excludes halogenated alkanes) is 4. The van der Waals surface area contributed by atoms with Gasteiger partial charge in [0.1, 0.15) is 0 Å². The van der Waals surface area contributed by atoms with E-state index in [1.165, 1.54) is 32.1 Å². The smallest absolute Gasteiger partial charge is 0.227 e. The van der Waals surface area contributed by atoms with Crippen LogP contribution >= 0.6 is 0 Å². The molecule has 0 aliphatic rings. The van der Waals surface area contributed by atoms with Crippen molar-refractivity contribution in [2.45, 2.75) is 72.1 Å². The number of carbonyl (C=O) groups is 1. The Bertz CT molecular complexity index is 213. The summed E-state index contributed by atoms with van der Waals surface area (Å²) in [5.41, 5.74) is -0.132. The normalized spacial score (nSPS) is 14.4. The van der Waals surface area contributed by atoms with Crippen LogP contribution in [-0.4, -0.2) is 24.9 Å². The minimum absolute atomic E-state index is 0.132. The van der Waals surface area contributed by atoms with E-state index in [4.69, 9.17) is 0 Å². The van der Waals surface area contributed by atoms with Gasteiger partial charge in [0.2, 0.25) is 5.91 Å². The largest absolute Gasteiger partial charge is 0.348 e. The van der Waals surface area contributed by atoms with E-state index < -0.39 is 0 Å². The Hall–Kier alpha value is -0.530. The molecule has 0 aliphatic heterocycles. The highest BCUT2D eigenvalue weighted by molar-refractivity contribution is 5.81. The van der Waals surface area contributed by atoms with Gasteiger partial charge in [0.25, 0.3) is 0 Å². The maximum Gasteiger partial charge on any atom is 0.227 e. The van der Waals surface area contributed by atoms with Crippen LogP contribution in [0.25, 0.3) is 0 Å². The molecule has 0 aromatic heterocycles. The highest BCUT2D eigenvalue weighted by atomic mass is 16.2. The second-order valence-corrected chi connectivity index (χ2v) is 5.67. The first-order valence-corrected chi connectivity index (χ1v) is 7.19. The first-order chi connectivity index (χ1) is 7.98. The lowest BCUT2D eigenvalue weighted by molar-refractivity contribution is -0.139. The number of nitrogens with zero attached hydrogens (tertiary/aromatic N) is 1. The Morgan fingerprint density at radius 3 is 1.94 bits per heavy atom. The van der Waals surface area contributed by atoms with Crippen LogP contribution in [0.2, 0.25) is 0 Å². The van der Waals surface area contributed by atoms with Crippen molar-refractivity contribution in [1.29, 1.82) is 0 Å². The number of amides is 1. The lowest BCUT2D eigenvalue weighted by Crippen LogP contribution is -2.38. The van der Waals surface area contributed by atoms with Gasteiger partial charge in [0, 0.05) is 19.5 Å². The van der Waals surface area contributed by atoms with Gasteiger partial charge in [-0.25, -0.2) is 0 Å². The fourth-order valence-electron chi connectivity index (χ4n) is 2.39. The molecule has 0 aliphatic carbocycles. The Morgan fingerprint density at radius 1 is 0.941 bits per heavy atom. The molecule has 0 spiro atoms. The van der Waals surface area contributed by atoms with Crippen molar-refractivity contribution in [3.05, 3.63) is 0 Å². The molecule has 0 aromatic carbocycles. The SMILES string of the molecule is CCCCCCC(C)(CCCC)C(=O)N(C)C. The minimum atomic E-state index is -0.132. The molecule has 0 N–H and O–H groups in total. The highest BCUT2D eigenvalue weighted by Crippen LogP contribution is 2.32.